The predicted octanol–water partition coefficient (Wildman–Crippen LogP) is 4.19. The van der Waals surface area contributed by atoms with E-state index in [1.165, 1.54) is 12.1 Å². The quantitative estimate of drug-likeness (QED) is 0.446. The summed E-state index contributed by atoms with van der Waals surface area (Å²) in [6, 6.07) is 8.98. The highest BCUT2D eigenvalue weighted by Gasteiger charge is 2.24. The van der Waals surface area contributed by atoms with Crippen molar-refractivity contribution in [2.24, 2.45) is 5.92 Å². The molecule has 0 saturated heterocycles. The molecule has 0 aliphatic carbocycles. The molecule has 1 aromatic heterocycles. The molecule has 1 heterocycles. The lowest BCUT2D eigenvalue weighted by Crippen LogP contribution is -2.45. The third-order valence-electron chi connectivity index (χ3n) is 3.78. The predicted molar refractivity (Wildman–Crippen MR) is 115 cm³/mol. The fourth-order valence-corrected chi connectivity index (χ4v) is 3.00. The van der Waals surface area contributed by atoms with Crippen molar-refractivity contribution in [2.45, 2.75) is 26.3 Å². The van der Waals surface area contributed by atoms with Crippen molar-refractivity contribution in [3.8, 4) is 0 Å². The third kappa shape index (κ3) is 7.17. The van der Waals surface area contributed by atoms with E-state index in [0.29, 0.717) is 10.2 Å². The van der Waals surface area contributed by atoms with Crippen LogP contribution in [0.15, 0.2) is 55.7 Å². The average molecular weight is 528 g/mol. The minimum atomic E-state index is -1.14. The van der Waals surface area contributed by atoms with E-state index < -0.39 is 23.8 Å². The Morgan fingerprint density at radius 2 is 1.76 bits per heavy atom. The highest BCUT2D eigenvalue weighted by atomic mass is 79.9. The maximum Gasteiger partial charge on any atom is 0.326 e. The molecule has 0 saturated carbocycles. The molecule has 2 amide bonds. The lowest BCUT2D eigenvalue weighted by atomic mass is 10.0. The second-order valence-corrected chi connectivity index (χ2v) is 8.36. The summed E-state index contributed by atoms with van der Waals surface area (Å²) < 4.78 is 6.43. The highest BCUT2D eigenvalue weighted by Crippen LogP contribution is 2.16. The summed E-state index contributed by atoms with van der Waals surface area (Å²) in [5.74, 6) is -2.42. The Labute approximate surface area is 184 Å². The van der Waals surface area contributed by atoms with Gasteiger partial charge in [-0.05, 0) is 64.2 Å². The molecular weight excluding hydrogens is 508 g/mol. The molecule has 0 radical (unpaired) electrons. The van der Waals surface area contributed by atoms with Gasteiger partial charge in [0.25, 0.3) is 11.8 Å². The second-order valence-electron chi connectivity index (χ2n) is 6.66. The van der Waals surface area contributed by atoms with Gasteiger partial charge in [0.1, 0.15) is 11.7 Å². The first-order valence-electron chi connectivity index (χ1n) is 8.73. The number of hydrogen-bond acceptors (Lipinski definition) is 4. The standard InChI is InChI=1S/C20H20Br2N2O5/c1-11(2)9-15(20(27)28)24-18(25)14(10-12-3-5-13(21)6-4-12)23-19(26)16-7-8-17(22)29-16/h3-8,10-11,15H,9H2,1-2H3,(H,23,26)(H,24,25)(H,27,28)/b14-10-. The summed E-state index contributed by atoms with van der Waals surface area (Å²) in [6.45, 7) is 3.72. The van der Waals surface area contributed by atoms with Gasteiger partial charge in [-0.25, -0.2) is 4.79 Å². The highest BCUT2D eigenvalue weighted by molar-refractivity contribution is 9.10. The molecular formula is C20H20Br2N2O5. The number of amides is 2. The number of carboxylic acid groups (broad SMARTS) is 1. The van der Waals surface area contributed by atoms with E-state index in [2.05, 4.69) is 42.5 Å². The first-order chi connectivity index (χ1) is 13.7. The van der Waals surface area contributed by atoms with E-state index in [-0.39, 0.29) is 23.8 Å². The Morgan fingerprint density at radius 3 is 2.28 bits per heavy atom. The maximum atomic E-state index is 12.8. The third-order valence-corrected chi connectivity index (χ3v) is 4.74. The van der Waals surface area contributed by atoms with Gasteiger partial charge < -0.3 is 20.2 Å². The summed E-state index contributed by atoms with van der Waals surface area (Å²) in [4.78, 5) is 36.7. The van der Waals surface area contributed by atoms with E-state index in [9.17, 15) is 19.5 Å². The molecule has 9 heteroatoms. The monoisotopic (exact) mass is 526 g/mol. The molecule has 0 aliphatic rings. The summed E-state index contributed by atoms with van der Waals surface area (Å²) >= 11 is 6.45. The molecule has 0 aliphatic heterocycles. The number of hydrogen-bond donors (Lipinski definition) is 3. The first-order valence-corrected chi connectivity index (χ1v) is 10.3. The SMILES string of the molecule is CC(C)CC(NC(=O)/C(=C/c1ccc(Br)cc1)NC(=O)c1ccc(Br)o1)C(=O)O. The number of benzene rings is 1. The van der Waals surface area contributed by atoms with E-state index in [1.54, 1.807) is 30.3 Å². The minimum Gasteiger partial charge on any atom is -0.480 e. The largest absolute Gasteiger partial charge is 0.480 e. The normalized spacial score (nSPS) is 12.5. The van der Waals surface area contributed by atoms with Gasteiger partial charge in [-0.3, -0.25) is 9.59 Å². The van der Waals surface area contributed by atoms with Crippen molar-refractivity contribution in [1.29, 1.82) is 0 Å². The Balaban J connectivity index is 2.29. The molecule has 154 valence electrons. The van der Waals surface area contributed by atoms with Gasteiger partial charge in [0.15, 0.2) is 10.4 Å². The Morgan fingerprint density at radius 1 is 1.10 bits per heavy atom. The minimum absolute atomic E-state index is 0.00310. The molecule has 1 atom stereocenters. The second kappa shape index (κ2) is 10.4. The van der Waals surface area contributed by atoms with Crippen molar-refractivity contribution in [2.75, 3.05) is 0 Å². The molecule has 0 bridgehead atoms. The van der Waals surface area contributed by atoms with Crippen LogP contribution in [0.25, 0.3) is 6.08 Å². The van der Waals surface area contributed by atoms with Crippen LogP contribution in [0.3, 0.4) is 0 Å². The molecule has 29 heavy (non-hydrogen) atoms. The van der Waals surface area contributed by atoms with Crippen LogP contribution in [0.2, 0.25) is 0 Å². The number of carboxylic acids is 1. The molecule has 1 aromatic carbocycles. The summed E-state index contributed by atoms with van der Waals surface area (Å²) in [7, 11) is 0. The van der Waals surface area contributed by atoms with E-state index in [1.807, 2.05) is 13.8 Å². The zero-order chi connectivity index (χ0) is 21.6. The molecule has 3 N–H and O–H groups in total. The van der Waals surface area contributed by atoms with Crippen molar-refractivity contribution >= 4 is 55.7 Å². The fraction of sp³-hybridized carbons (Fsp3) is 0.250. The van der Waals surface area contributed by atoms with E-state index in [0.717, 1.165) is 4.47 Å². The van der Waals surface area contributed by atoms with Gasteiger partial charge in [-0.1, -0.05) is 41.9 Å². The molecule has 2 aromatic rings. The maximum absolute atomic E-state index is 12.8. The number of carbonyl (C=O) groups is 3. The van der Waals surface area contributed by atoms with Crippen LogP contribution in [0.4, 0.5) is 0 Å². The van der Waals surface area contributed by atoms with E-state index in [4.69, 9.17) is 4.42 Å². The van der Waals surface area contributed by atoms with Gasteiger partial charge in [0.05, 0.1) is 0 Å². The van der Waals surface area contributed by atoms with Crippen molar-refractivity contribution < 1.29 is 23.9 Å². The van der Waals surface area contributed by atoms with Crippen molar-refractivity contribution in [3.63, 3.8) is 0 Å². The average Bonchev–Trinajstić information content (AvgIpc) is 3.08. The number of nitrogens with one attached hydrogen (secondary N) is 2. The number of rotatable bonds is 8. The van der Waals surface area contributed by atoms with Gasteiger partial charge in [0.2, 0.25) is 0 Å². The number of aliphatic carboxylic acids is 1. The lowest BCUT2D eigenvalue weighted by Gasteiger charge is -2.18. The van der Waals surface area contributed by atoms with Crippen LogP contribution in [-0.2, 0) is 9.59 Å². The van der Waals surface area contributed by atoms with Crippen molar-refractivity contribution in [1.82, 2.24) is 10.6 Å². The van der Waals surface area contributed by atoms with Crippen LogP contribution in [0, 0.1) is 5.92 Å². The van der Waals surface area contributed by atoms with Crippen LogP contribution >= 0.6 is 31.9 Å². The smallest absolute Gasteiger partial charge is 0.326 e. The molecule has 2 rings (SSSR count). The van der Waals surface area contributed by atoms with Gasteiger partial charge in [0, 0.05) is 4.47 Å². The van der Waals surface area contributed by atoms with Gasteiger partial charge >= 0.3 is 5.97 Å². The van der Waals surface area contributed by atoms with Crippen LogP contribution in [0.5, 0.6) is 0 Å². The Hall–Kier alpha value is -2.39. The van der Waals surface area contributed by atoms with Crippen LogP contribution < -0.4 is 10.6 Å². The summed E-state index contributed by atoms with van der Waals surface area (Å²) in [6.07, 6.45) is 1.72. The molecule has 0 spiro atoms. The van der Waals surface area contributed by atoms with Crippen LogP contribution in [-0.4, -0.2) is 28.9 Å². The summed E-state index contributed by atoms with van der Waals surface area (Å²) in [5, 5.41) is 14.4. The van der Waals surface area contributed by atoms with Crippen molar-refractivity contribution in [3.05, 3.63) is 62.6 Å². The summed E-state index contributed by atoms with van der Waals surface area (Å²) in [5.41, 5.74) is 0.551. The Kier molecular flexibility index (Phi) is 8.21. The number of furan rings is 1. The number of halogens is 2. The topological polar surface area (TPSA) is 109 Å². The number of carbonyl (C=O) groups excluding carboxylic acids is 2. The zero-order valence-corrected chi connectivity index (χ0v) is 18.9. The molecule has 1 unspecified atom stereocenters. The van der Waals surface area contributed by atoms with Crippen LogP contribution in [0.1, 0.15) is 36.4 Å². The van der Waals surface area contributed by atoms with Gasteiger partial charge in [-0.15, -0.1) is 0 Å². The molecule has 7 nitrogen and oxygen atoms in total. The van der Waals surface area contributed by atoms with Gasteiger partial charge in [-0.2, -0.15) is 0 Å². The molecule has 0 fully saturated rings. The first kappa shape index (κ1) is 22.9. The zero-order valence-electron chi connectivity index (χ0n) is 15.7. The lowest BCUT2D eigenvalue weighted by molar-refractivity contribution is -0.141. The fourth-order valence-electron chi connectivity index (χ4n) is 2.43. The van der Waals surface area contributed by atoms with E-state index >= 15 is 0 Å². The Bertz CT molecular complexity index is 919.